The highest BCUT2D eigenvalue weighted by molar-refractivity contribution is 6.20. The first-order chi connectivity index (χ1) is 8.50. The highest BCUT2D eigenvalue weighted by Crippen LogP contribution is 2.28. The number of aromatic nitrogens is 3. The second-order valence-electron chi connectivity index (χ2n) is 4.34. The first kappa shape index (κ1) is 12.8. The maximum atomic E-state index is 11.1. The molecule has 6 heteroatoms. The Kier molecular flexibility index (Phi) is 3.52. The van der Waals surface area contributed by atoms with Crippen molar-refractivity contribution in [1.29, 1.82) is 0 Å². The van der Waals surface area contributed by atoms with E-state index in [0.717, 1.165) is 16.9 Å². The number of rotatable bonds is 4. The first-order valence-electron chi connectivity index (χ1n) is 5.75. The number of alkyl halides is 1. The fourth-order valence-corrected chi connectivity index (χ4v) is 2.25. The van der Waals surface area contributed by atoms with Crippen LogP contribution in [-0.4, -0.2) is 20.4 Å². The van der Waals surface area contributed by atoms with E-state index in [1.165, 1.54) is 0 Å². The second-order valence-corrected chi connectivity index (χ2v) is 4.99. The van der Waals surface area contributed by atoms with Crippen LogP contribution in [0.15, 0.2) is 18.5 Å². The monoisotopic (exact) mass is 266 g/mol. The number of fused-ring (bicyclic) bond motifs is 1. The van der Waals surface area contributed by atoms with Crippen molar-refractivity contribution in [1.82, 2.24) is 14.5 Å². The Morgan fingerprint density at radius 3 is 2.89 bits per heavy atom. The van der Waals surface area contributed by atoms with Gasteiger partial charge in [0.05, 0.1) is 17.1 Å². The standard InChI is InChI=1S/C12H15ClN4O/c1-7(5-11(14)18)17-10-3-4-15-6-9(10)16-12(17)8(2)13/h3-4,6-8H,5H2,1-2H3,(H2,14,18). The van der Waals surface area contributed by atoms with Crippen LogP contribution in [0.5, 0.6) is 0 Å². The van der Waals surface area contributed by atoms with E-state index in [1.807, 2.05) is 24.5 Å². The van der Waals surface area contributed by atoms with Crippen molar-refractivity contribution in [3.63, 3.8) is 0 Å². The third-order valence-corrected chi connectivity index (χ3v) is 3.01. The van der Waals surface area contributed by atoms with Crippen LogP contribution in [0.3, 0.4) is 0 Å². The van der Waals surface area contributed by atoms with E-state index in [0.29, 0.717) is 0 Å². The van der Waals surface area contributed by atoms with Crippen LogP contribution in [0.4, 0.5) is 0 Å². The van der Waals surface area contributed by atoms with Crippen molar-refractivity contribution in [3.05, 3.63) is 24.3 Å². The van der Waals surface area contributed by atoms with Gasteiger partial charge in [0.1, 0.15) is 11.3 Å². The van der Waals surface area contributed by atoms with Crippen LogP contribution >= 0.6 is 11.6 Å². The van der Waals surface area contributed by atoms with E-state index in [2.05, 4.69) is 9.97 Å². The normalized spacial score (nSPS) is 14.6. The lowest BCUT2D eigenvalue weighted by Crippen LogP contribution is -2.19. The molecule has 2 N–H and O–H groups in total. The van der Waals surface area contributed by atoms with E-state index in [-0.39, 0.29) is 23.7 Å². The molecule has 18 heavy (non-hydrogen) atoms. The summed E-state index contributed by atoms with van der Waals surface area (Å²) in [6.45, 7) is 3.78. The smallest absolute Gasteiger partial charge is 0.219 e. The molecule has 0 aliphatic carbocycles. The minimum Gasteiger partial charge on any atom is -0.370 e. The average Bonchev–Trinajstić information content (AvgIpc) is 2.67. The van der Waals surface area contributed by atoms with Crippen molar-refractivity contribution < 1.29 is 4.79 Å². The summed E-state index contributed by atoms with van der Waals surface area (Å²) in [6.07, 6.45) is 3.64. The maximum Gasteiger partial charge on any atom is 0.219 e. The summed E-state index contributed by atoms with van der Waals surface area (Å²) in [4.78, 5) is 19.6. The molecule has 96 valence electrons. The molecule has 0 aliphatic rings. The van der Waals surface area contributed by atoms with Gasteiger partial charge < -0.3 is 10.3 Å². The van der Waals surface area contributed by atoms with E-state index >= 15 is 0 Å². The van der Waals surface area contributed by atoms with Crippen molar-refractivity contribution in [2.75, 3.05) is 0 Å². The fraction of sp³-hybridized carbons (Fsp3) is 0.417. The lowest BCUT2D eigenvalue weighted by molar-refractivity contribution is -0.118. The number of hydrogen-bond donors (Lipinski definition) is 1. The molecule has 2 rings (SSSR count). The number of halogens is 1. The molecule has 5 nitrogen and oxygen atoms in total. The molecule has 2 aromatic rings. The van der Waals surface area contributed by atoms with Crippen LogP contribution in [0.1, 0.15) is 37.5 Å². The fourth-order valence-electron chi connectivity index (χ4n) is 2.10. The van der Waals surface area contributed by atoms with E-state index in [4.69, 9.17) is 17.3 Å². The maximum absolute atomic E-state index is 11.1. The topological polar surface area (TPSA) is 73.8 Å². The predicted molar refractivity (Wildman–Crippen MR) is 70.3 cm³/mol. The van der Waals surface area contributed by atoms with Gasteiger partial charge >= 0.3 is 0 Å². The molecule has 1 amide bonds. The van der Waals surface area contributed by atoms with Gasteiger partial charge in [-0.3, -0.25) is 9.78 Å². The van der Waals surface area contributed by atoms with Gasteiger partial charge in [0.25, 0.3) is 0 Å². The van der Waals surface area contributed by atoms with Gasteiger partial charge in [-0.05, 0) is 19.9 Å². The molecule has 0 spiro atoms. The van der Waals surface area contributed by atoms with Gasteiger partial charge in [0.2, 0.25) is 5.91 Å². The summed E-state index contributed by atoms with van der Waals surface area (Å²) in [5.41, 5.74) is 6.94. The minimum absolute atomic E-state index is 0.0777. The summed E-state index contributed by atoms with van der Waals surface area (Å²) in [5, 5.41) is -0.243. The summed E-state index contributed by atoms with van der Waals surface area (Å²) >= 11 is 6.14. The second kappa shape index (κ2) is 4.94. The van der Waals surface area contributed by atoms with E-state index in [9.17, 15) is 4.79 Å². The molecule has 0 bridgehead atoms. The van der Waals surface area contributed by atoms with E-state index in [1.54, 1.807) is 12.4 Å². The molecule has 2 aromatic heterocycles. The number of carbonyl (C=O) groups excluding carboxylic acids is 1. The Morgan fingerprint density at radius 2 is 2.28 bits per heavy atom. The number of nitrogens with two attached hydrogens (primary N) is 1. The number of amides is 1. The first-order valence-corrected chi connectivity index (χ1v) is 6.18. The van der Waals surface area contributed by atoms with Crippen LogP contribution in [0.2, 0.25) is 0 Å². The molecular formula is C12H15ClN4O. The molecule has 2 unspecified atom stereocenters. The predicted octanol–water partition coefficient (Wildman–Crippen LogP) is 2.17. The van der Waals surface area contributed by atoms with Gasteiger partial charge in [0.15, 0.2) is 0 Å². The molecule has 0 fully saturated rings. The zero-order valence-electron chi connectivity index (χ0n) is 10.3. The molecule has 0 aromatic carbocycles. The summed E-state index contributed by atoms with van der Waals surface area (Å²) in [7, 11) is 0. The average molecular weight is 267 g/mol. The summed E-state index contributed by atoms with van der Waals surface area (Å²) < 4.78 is 1.96. The number of hydrogen-bond acceptors (Lipinski definition) is 3. The molecule has 2 atom stereocenters. The van der Waals surface area contributed by atoms with Gasteiger partial charge in [-0.1, -0.05) is 0 Å². The third kappa shape index (κ3) is 2.31. The van der Waals surface area contributed by atoms with Crippen LogP contribution in [0.25, 0.3) is 11.0 Å². The van der Waals surface area contributed by atoms with E-state index < -0.39 is 0 Å². The molecule has 0 saturated heterocycles. The van der Waals surface area contributed by atoms with Crippen molar-refractivity contribution in [3.8, 4) is 0 Å². The lowest BCUT2D eigenvalue weighted by Gasteiger charge is -2.17. The zero-order chi connectivity index (χ0) is 13.3. The summed E-state index contributed by atoms with van der Waals surface area (Å²) in [6, 6.07) is 1.79. The van der Waals surface area contributed by atoms with Gasteiger partial charge in [-0.15, -0.1) is 11.6 Å². The molecule has 0 aliphatic heterocycles. The van der Waals surface area contributed by atoms with Crippen molar-refractivity contribution in [2.45, 2.75) is 31.7 Å². The number of primary amides is 1. The van der Waals surface area contributed by atoms with Gasteiger partial charge in [-0.25, -0.2) is 4.98 Å². The summed E-state index contributed by atoms with van der Waals surface area (Å²) in [5.74, 6) is 0.389. The number of carbonyl (C=O) groups is 1. The highest BCUT2D eigenvalue weighted by Gasteiger charge is 2.20. The number of nitrogens with zero attached hydrogens (tertiary/aromatic N) is 3. The molecular weight excluding hydrogens is 252 g/mol. The Bertz CT molecular complexity index is 578. The van der Waals surface area contributed by atoms with Crippen molar-refractivity contribution >= 4 is 28.5 Å². The molecule has 0 saturated carbocycles. The van der Waals surface area contributed by atoms with Crippen molar-refractivity contribution in [2.24, 2.45) is 5.73 Å². The Labute approximate surface area is 110 Å². The Balaban J connectivity index is 2.58. The van der Waals surface area contributed by atoms with Gasteiger partial charge in [-0.2, -0.15) is 0 Å². The van der Waals surface area contributed by atoms with Crippen LogP contribution < -0.4 is 5.73 Å². The van der Waals surface area contributed by atoms with Crippen LogP contribution in [-0.2, 0) is 4.79 Å². The highest BCUT2D eigenvalue weighted by atomic mass is 35.5. The largest absolute Gasteiger partial charge is 0.370 e. The van der Waals surface area contributed by atoms with Crippen LogP contribution in [0, 0.1) is 0 Å². The van der Waals surface area contributed by atoms with Gasteiger partial charge in [0, 0.05) is 18.7 Å². The number of imidazole rings is 1. The number of pyridine rings is 1. The SMILES string of the molecule is CC(Cl)c1nc2cnccc2n1C(C)CC(N)=O. The molecule has 2 heterocycles. The Hall–Kier alpha value is -1.62. The lowest BCUT2D eigenvalue weighted by atomic mass is 10.2. The zero-order valence-corrected chi connectivity index (χ0v) is 11.1. The third-order valence-electron chi connectivity index (χ3n) is 2.81. The Morgan fingerprint density at radius 1 is 1.56 bits per heavy atom. The quantitative estimate of drug-likeness (QED) is 0.862. The minimum atomic E-state index is -0.341. The molecule has 0 radical (unpaired) electrons.